The van der Waals surface area contributed by atoms with Crippen LogP contribution in [0.2, 0.25) is 0 Å². The Morgan fingerprint density at radius 2 is 2.38 bits per heavy atom. The van der Waals surface area contributed by atoms with Crippen LogP contribution < -0.4 is 0 Å². The largest absolute Gasteiger partial charge is 0.395 e. The summed E-state index contributed by atoms with van der Waals surface area (Å²) in [4.78, 5) is 13.0. The van der Waals surface area contributed by atoms with Crippen LogP contribution in [0.3, 0.4) is 0 Å². The Labute approximate surface area is 78.8 Å². The molecular weight excluding hydrogens is 170 g/mol. The van der Waals surface area contributed by atoms with Gasteiger partial charge in [0.05, 0.1) is 6.61 Å². The molecule has 1 amide bonds. The van der Waals surface area contributed by atoms with E-state index in [1.807, 2.05) is 0 Å². The number of hydrogen-bond acceptors (Lipinski definition) is 3. The molecule has 0 spiro atoms. The molecule has 0 saturated carbocycles. The highest BCUT2D eigenvalue weighted by Crippen LogP contribution is 1.97. The van der Waals surface area contributed by atoms with Crippen molar-refractivity contribution >= 4 is 5.91 Å². The number of carbonyl (C=O) groups excluding carboxylic acids is 1. The van der Waals surface area contributed by atoms with Gasteiger partial charge in [0.2, 0.25) is 0 Å². The van der Waals surface area contributed by atoms with Crippen molar-refractivity contribution in [2.45, 2.75) is 13.0 Å². The molecule has 0 heterocycles. The Kier molecular flexibility index (Phi) is 6.18. The molecule has 0 fully saturated rings. The van der Waals surface area contributed by atoms with Gasteiger partial charge in [-0.15, -0.1) is 6.58 Å². The van der Waals surface area contributed by atoms with E-state index in [4.69, 9.17) is 9.84 Å². The van der Waals surface area contributed by atoms with Crippen LogP contribution in [-0.2, 0) is 9.53 Å². The summed E-state index contributed by atoms with van der Waals surface area (Å²) < 4.78 is 4.88. The monoisotopic (exact) mass is 187 g/mol. The van der Waals surface area contributed by atoms with Gasteiger partial charge < -0.3 is 14.7 Å². The highest BCUT2D eigenvalue weighted by atomic mass is 16.5. The smallest absolute Gasteiger partial charge is 0.251 e. The molecule has 1 atom stereocenters. The fourth-order valence-electron chi connectivity index (χ4n) is 0.926. The second-order valence-corrected chi connectivity index (χ2v) is 2.67. The number of aliphatic hydroxyl groups is 1. The third-order valence-corrected chi connectivity index (χ3v) is 1.73. The lowest BCUT2D eigenvalue weighted by Gasteiger charge is -2.22. The number of rotatable bonds is 6. The number of carbonyl (C=O) groups is 1. The lowest BCUT2D eigenvalue weighted by molar-refractivity contribution is -0.140. The highest BCUT2D eigenvalue weighted by molar-refractivity contribution is 5.80. The first kappa shape index (κ1) is 12.1. The molecule has 0 aromatic rings. The van der Waals surface area contributed by atoms with E-state index in [-0.39, 0.29) is 12.5 Å². The molecular formula is C9H17NO3. The molecule has 0 aliphatic rings. The molecule has 0 bridgehead atoms. The van der Waals surface area contributed by atoms with E-state index in [9.17, 15) is 4.79 Å². The van der Waals surface area contributed by atoms with Crippen LogP contribution in [0.15, 0.2) is 12.7 Å². The maximum Gasteiger partial charge on any atom is 0.251 e. The Balaban J connectivity index is 4.17. The molecule has 0 aromatic heterocycles. The summed E-state index contributed by atoms with van der Waals surface area (Å²) in [6.45, 7) is 5.92. The molecule has 13 heavy (non-hydrogen) atoms. The van der Waals surface area contributed by atoms with E-state index in [1.54, 1.807) is 13.0 Å². The number of methoxy groups -OCH3 is 1. The Hall–Kier alpha value is -0.870. The predicted molar refractivity (Wildman–Crippen MR) is 50.3 cm³/mol. The number of hydrogen-bond donors (Lipinski definition) is 1. The summed E-state index contributed by atoms with van der Waals surface area (Å²) in [6, 6.07) is 0. The SMILES string of the molecule is C=CCN(CCO)C(=O)C(C)OC. The molecule has 4 nitrogen and oxygen atoms in total. The summed E-state index contributed by atoms with van der Waals surface area (Å²) in [5, 5.41) is 8.70. The van der Waals surface area contributed by atoms with Gasteiger partial charge in [-0.1, -0.05) is 6.08 Å². The second-order valence-electron chi connectivity index (χ2n) is 2.67. The van der Waals surface area contributed by atoms with E-state index in [1.165, 1.54) is 12.0 Å². The van der Waals surface area contributed by atoms with Crippen LogP contribution in [0.4, 0.5) is 0 Å². The zero-order valence-corrected chi connectivity index (χ0v) is 8.19. The molecule has 0 rings (SSSR count). The van der Waals surface area contributed by atoms with Crippen molar-refractivity contribution in [1.82, 2.24) is 4.90 Å². The van der Waals surface area contributed by atoms with Crippen molar-refractivity contribution in [3.63, 3.8) is 0 Å². The standard InChI is InChI=1S/C9H17NO3/c1-4-5-10(6-7-11)9(12)8(2)13-3/h4,8,11H,1,5-7H2,2-3H3. The first-order chi connectivity index (χ1) is 6.17. The van der Waals surface area contributed by atoms with Crippen LogP contribution in [0.1, 0.15) is 6.92 Å². The highest BCUT2D eigenvalue weighted by Gasteiger charge is 2.18. The summed E-state index contributed by atoms with van der Waals surface area (Å²) in [5.41, 5.74) is 0. The zero-order chi connectivity index (χ0) is 10.3. The van der Waals surface area contributed by atoms with Crippen molar-refractivity contribution in [2.75, 3.05) is 26.8 Å². The minimum atomic E-state index is -0.466. The summed E-state index contributed by atoms with van der Waals surface area (Å²) in [6.07, 6.45) is 1.15. The molecule has 0 aliphatic heterocycles. The molecule has 0 aromatic carbocycles. The number of amides is 1. The van der Waals surface area contributed by atoms with Crippen molar-refractivity contribution in [2.24, 2.45) is 0 Å². The first-order valence-electron chi connectivity index (χ1n) is 4.20. The molecule has 0 saturated heterocycles. The zero-order valence-electron chi connectivity index (χ0n) is 8.19. The van der Waals surface area contributed by atoms with E-state index in [2.05, 4.69) is 6.58 Å². The number of aliphatic hydroxyl groups excluding tert-OH is 1. The fraction of sp³-hybridized carbons (Fsp3) is 0.667. The van der Waals surface area contributed by atoms with Crippen molar-refractivity contribution in [3.8, 4) is 0 Å². The Morgan fingerprint density at radius 3 is 2.77 bits per heavy atom. The third kappa shape index (κ3) is 4.05. The summed E-state index contributed by atoms with van der Waals surface area (Å²) in [7, 11) is 1.48. The van der Waals surface area contributed by atoms with E-state index < -0.39 is 6.10 Å². The van der Waals surface area contributed by atoms with Crippen molar-refractivity contribution < 1.29 is 14.6 Å². The maximum atomic E-state index is 11.5. The van der Waals surface area contributed by atoms with Crippen LogP contribution in [-0.4, -0.2) is 48.8 Å². The van der Waals surface area contributed by atoms with Gasteiger partial charge in [-0.3, -0.25) is 4.79 Å². The van der Waals surface area contributed by atoms with Gasteiger partial charge in [0, 0.05) is 20.2 Å². The number of ether oxygens (including phenoxy) is 1. The van der Waals surface area contributed by atoms with Gasteiger partial charge in [0.25, 0.3) is 5.91 Å². The van der Waals surface area contributed by atoms with Gasteiger partial charge in [-0.05, 0) is 6.92 Å². The van der Waals surface area contributed by atoms with Crippen molar-refractivity contribution in [1.29, 1.82) is 0 Å². The third-order valence-electron chi connectivity index (χ3n) is 1.73. The Bertz CT molecular complexity index is 170. The molecule has 1 unspecified atom stereocenters. The Morgan fingerprint density at radius 1 is 1.77 bits per heavy atom. The molecule has 1 N–H and O–H groups in total. The molecule has 76 valence electrons. The molecule has 0 aliphatic carbocycles. The maximum absolute atomic E-state index is 11.5. The first-order valence-corrected chi connectivity index (χ1v) is 4.20. The van der Waals surface area contributed by atoms with E-state index in [0.29, 0.717) is 13.1 Å². The van der Waals surface area contributed by atoms with E-state index >= 15 is 0 Å². The van der Waals surface area contributed by atoms with Crippen molar-refractivity contribution in [3.05, 3.63) is 12.7 Å². The summed E-state index contributed by atoms with van der Waals surface area (Å²) in [5.74, 6) is -0.128. The minimum absolute atomic E-state index is 0.0456. The van der Waals surface area contributed by atoms with Gasteiger partial charge in [-0.25, -0.2) is 0 Å². The normalized spacial score (nSPS) is 12.2. The second kappa shape index (κ2) is 6.62. The van der Waals surface area contributed by atoms with Crippen LogP contribution in [0.25, 0.3) is 0 Å². The summed E-state index contributed by atoms with van der Waals surface area (Å²) >= 11 is 0. The van der Waals surface area contributed by atoms with E-state index in [0.717, 1.165) is 0 Å². The minimum Gasteiger partial charge on any atom is -0.395 e. The van der Waals surface area contributed by atoms with Crippen LogP contribution in [0.5, 0.6) is 0 Å². The molecule has 0 radical (unpaired) electrons. The average Bonchev–Trinajstić information content (AvgIpc) is 2.15. The predicted octanol–water partition coefficient (Wildman–Crippen LogP) is 0.0282. The quantitative estimate of drug-likeness (QED) is 0.597. The van der Waals surface area contributed by atoms with Gasteiger partial charge in [0.15, 0.2) is 0 Å². The fourth-order valence-corrected chi connectivity index (χ4v) is 0.926. The lowest BCUT2D eigenvalue weighted by atomic mass is 10.3. The van der Waals surface area contributed by atoms with Gasteiger partial charge in [0.1, 0.15) is 6.10 Å². The van der Waals surface area contributed by atoms with Gasteiger partial charge in [-0.2, -0.15) is 0 Å². The molecule has 4 heteroatoms. The van der Waals surface area contributed by atoms with Crippen LogP contribution in [0, 0.1) is 0 Å². The van der Waals surface area contributed by atoms with Crippen LogP contribution >= 0.6 is 0 Å². The average molecular weight is 187 g/mol. The lowest BCUT2D eigenvalue weighted by Crippen LogP contribution is -2.40. The number of nitrogens with zero attached hydrogens (tertiary/aromatic N) is 1. The van der Waals surface area contributed by atoms with Gasteiger partial charge >= 0.3 is 0 Å². The topological polar surface area (TPSA) is 49.8 Å².